The number of H-pyrrole nitrogens is 1. The third-order valence-corrected chi connectivity index (χ3v) is 8.58. The maximum absolute atomic E-state index is 12.6. The first kappa shape index (κ1) is 20.8. The van der Waals surface area contributed by atoms with Crippen molar-refractivity contribution in [2.45, 2.75) is 15.9 Å². The van der Waals surface area contributed by atoms with Gasteiger partial charge >= 0.3 is 6.09 Å². The minimum Gasteiger partial charge on any atom is -0.453 e. The SMILES string of the molecule is COC(=O)NCCC1CN=C(c2cc3cccc(NS(=O)(=O)c4cccs4)c3[nH]2)S1. The lowest BCUT2D eigenvalue weighted by Crippen LogP contribution is -2.26. The van der Waals surface area contributed by atoms with E-state index in [9.17, 15) is 13.2 Å². The Bertz CT molecular complexity index is 1190. The molecule has 158 valence electrons. The topological polar surface area (TPSA) is 113 Å². The fraction of sp³-hybridized carbons (Fsp3) is 0.263. The minimum atomic E-state index is -3.63. The van der Waals surface area contributed by atoms with Crippen LogP contribution in [0.15, 0.2) is 51.0 Å². The average molecular weight is 465 g/mol. The second kappa shape index (κ2) is 8.70. The van der Waals surface area contributed by atoms with Crippen molar-refractivity contribution in [1.82, 2.24) is 10.3 Å². The van der Waals surface area contributed by atoms with Crippen molar-refractivity contribution >= 4 is 60.8 Å². The standard InChI is InChI=1S/C19H20N4O4S3/c1-27-19(24)20-8-7-13-11-21-18(29-13)15-10-12-4-2-5-14(17(12)22-15)23-30(25,26)16-6-3-9-28-16/h2-6,9-10,13,22-23H,7-8,11H2,1H3,(H,20,24). The first-order chi connectivity index (χ1) is 14.5. The highest BCUT2D eigenvalue weighted by Crippen LogP contribution is 2.32. The highest BCUT2D eigenvalue weighted by molar-refractivity contribution is 8.15. The van der Waals surface area contributed by atoms with Crippen molar-refractivity contribution in [3.63, 3.8) is 0 Å². The van der Waals surface area contributed by atoms with Crippen molar-refractivity contribution in [3.05, 3.63) is 47.5 Å². The summed E-state index contributed by atoms with van der Waals surface area (Å²) < 4.78 is 32.7. The lowest BCUT2D eigenvalue weighted by molar-refractivity contribution is 0.171. The summed E-state index contributed by atoms with van der Waals surface area (Å²) in [5.41, 5.74) is 2.06. The van der Waals surface area contributed by atoms with Crippen LogP contribution in [0.4, 0.5) is 10.5 Å². The number of aromatic amines is 1. The number of nitrogens with one attached hydrogen (secondary N) is 3. The lowest BCUT2D eigenvalue weighted by Gasteiger charge is -2.08. The van der Waals surface area contributed by atoms with Gasteiger partial charge < -0.3 is 15.0 Å². The molecule has 1 unspecified atom stereocenters. The van der Waals surface area contributed by atoms with Crippen LogP contribution in [-0.4, -0.2) is 50.0 Å². The number of benzene rings is 1. The van der Waals surface area contributed by atoms with Gasteiger partial charge in [-0.15, -0.1) is 11.3 Å². The van der Waals surface area contributed by atoms with E-state index < -0.39 is 16.1 Å². The number of methoxy groups -OCH3 is 1. The largest absolute Gasteiger partial charge is 0.453 e. The molecule has 1 aliphatic heterocycles. The highest BCUT2D eigenvalue weighted by Gasteiger charge is 2.23. The molecule has 0 aliphatic carbocycles. The maximum atomic E-state index is 12.6. The van der Waals surface area contributed by atoms with E-state index in [1.165, 1.54) is 18.4 Å². The third-order valence-electron chi connectivity index (χ3n) is 4.53. The molecule has 0 fully saturated rings. The first-order valence-corrected chi connectivity index (χ1v) is 12.4. The van der Waals surface area contributed by atoms with Crippen LogP contribution in [0.1, 0.15) is 12.1 Å². The molecule has 0 saturated carbocycles. The molecule has 1 amide bonds. The monoisotopic (exact) mass is 464 g/mol. The van der Waals surface area contributed by atoms with Crippen LogP contribution in [-0.2, 0) is 14.8 Å². The van der Waals surface area contributed by atoms with E-state index in [4.69, 9.17) is 0 Å². The van der Waals surface area contributed by atoms with Crippen LogP contribution in [0.25, 0.3) is 10.9 Å². The summed E-state index contributed by atoms with van der Waals surface area (Å²) in [6.07, 6.45) is 0.339. The number of hydrogen-bond acceptors (Lipinski definition) is 7. The molecule has 1 aromatic carbocycles. The summed E-state index contributed by atoms with van der Waals surface area (Å²) in [7, 11) is -2.29. The number of ether oxygens (including phenoxy) is 1. The number of carbonyl (C=O) groups excluding carboxylic acids is 1. The molecule has 30 heavy (non-hydrogen) atoms. The fourth-order valence-corrected chi connectivity index (χ4v) is 6.24. The van der Waals surface area contributed by atoms with Gasteiger partial charge in [0.2, 0.25) is 0 Å². The number of thiophene rings is 1. The van der Waals surface area contributed by atoms with Crippen molar-refractivity contribution < 1.29 is 17.9 Å². The number of para-hydroxylation sites is 1. The van der Waals surface area contributed by atoms with Crippen molar-refractivity contribution in [1.29, 1.82) is 0 Å². The number of carbonyl (C=O) groups is 1. The van der Waals surface area contributed by atoms with Crippen LogP contribution in [0.3, 0.4) is 0 Å². The first-order valence-electron chi connectivity index (χ1n) is 9.17. The van der Waals surface area contributed by atoms with Gasteiger partial charge in [0.1, 0.15) is 9.25 Å². The van der Waals surface area contributed by atoms with Gasteiger partial charge in [-0.3, -0.25) is 9.71 Å². The van der Waals surface area contributed by atoms with Crippen LogP contribution in [0.2, 0.25) is 0 Å². The Morgan fingerprint density at radius 3 is 2.97 bits per heavy atom. The zero-order valence-electron chi connectivity index (χ0n) is 16.0. The second-order valence-corrected chi connectivity index (χ2v) is 10.7. The molecule has 0 saturated heterocycles. The molecule has 4 rings (SSSR count). The molecule has 3 aromatic rings. The Balaban J connectivity index is 1.48. The van der Waals surface area contributed by atoms with Gasteiger partial charge in [-0.25, -0.2) is 13.2 Å². The van der Waals surface area contributed by atoms with Crippen LogP contribution in [0.5, 0.6) is 0 Å². The van der Waals surface area contributed by atoms with E-state index >= 15 is 0 Å². The molecule has 3 N–H and O–H groups in total. The summed E-state index contributed by atoms with van der Waals surface area (Å²) in [4.78, 5) is 19.1. The molecule has 0 spiro atoms. The molecule has 8 nitrogen and oxygen atoms in total. The van der Waals surface area contributed by atoms with Gasteiger partial charge in [0, 0.05) is 17.2 Å². The Hall–Kier alpha value is -2.50. The number of anilines is 1. The average Bonchev–Trinajstić information content (AvgIpc) is 3.47. The molecule has 2 aromatic heterocycles. The number of rotatable bonds is 7. The molecule has 11 heteroatoms. The Labute approximate surface area is 182 Å². The van der Waals surface area contributed by atoms with Crippen molar-refractivity contribution in [2.24, 2.45) is 4.99 Å². The smallest absolute Gasteiger partial charge is 0.406 e. The van der Waals surface area contributed by atoms with E-state index in [2.05, 4.69) is 24.8 Å². The van der Waals surface area contributed by atoms with Crippen LogP contribution < -0.4 is 10.0 Å². The number of aromatic nitrogens is 1. The normalized spacial score (nSPS) is 16.4. The lowest BCUT2D eigenvalue weighted by atomic mass is 10.2. The molecular formula is C19H20N4O4S3. The molecule has 0 bridgehead atoms. The van der Waals surface area contributed by atoms with Gasteiger partial charge in [-0.05, 0) is 30.0 Å². The number of aliphatic imine (C=N–C) groups is 1. The van der Waals surface area contributed by atoms with E-state index in [0.717, 1.165) is 22.5 Å². The summed E-state index contributed by atoms with van der Waals surface area (Å²) >= 11 is 2.82. The molecule has 0 radical (unpaired) electrons. The number of alkyl carbamates (subject to hydrolysis) is 1. The number of amides is 1. The van der Waals surface area contributed by atoms with Crippen LogP contribution >= 0.6 is 23.1 Å². The minimum absolute atomic E-state index is 0.264. The highest BCUT2D eigenvalue weighted by atomic mass is 32.2. The maximum Gasteiger partial charge on any atom is 0.406 e. The Morgan fingerprint density at radius 2 is 2.20 bits per heavy atom. The zero-order valence-corrected chi connectivity index (χ0v) is 18.5. The van der Waals surface area contributed by atoms with Gasteiger partial charge in [0.15, 0.2) is 0 Å². The predicted molar refractivity (Wildman–Crippen MR) is 121 cm³/mol. The summed E-state index contributed by atoms with van der Waals surface area (Å²) in [5, 5.41) is 6.45. The summed E-state index contributed by atoms with van der Waals surface area (Å²) in [6.45, 7) is 1.19. The van der Waals surface area contributed by atoms with Gasteiger partial charge in [0.25, 0.3) is 10.0 Å². The molecular weight excluding hydrogens is 444 g/mol. The number of thioether (sulfide) groups is 1. The molecule has 1 aliphatic rings. The third kappa shape index (κ3) is 4.47. The zero-order chi connectivity index (χ0) is 21.1. The van der Waals surface area contributed by atoms with Gasteiger partial charge in [0.05, 0.1) is 30.6 Å². The van der Waals surface area contributed by atoms with Crippen LogP contribution in [0, 0.1) is 0 Å². The van der Waals surface area contributed by atoms with E-state index in [1.807, 2.05) is 18.2 Å². The Morgan fingerprint density at radius 1 is 1.33 bits per heavy atom. The van der Waals surface area contributed by atoms with E-state index in [0.29, 0.717) is 24.3 Å². The van der Waals surface area contributed by atoms with Gasteiger partial charge in [-0.2, -0.15) is 0 Å². The summed E-state index contributed by atoms with van der Waals surface area (Å²) in [5.74, 6) is 0. The van der Waals surface area contributed by atoms with E-state index in [1.54, 1.807) is 35.3 Å². The van der Waals surface area contributed by atoms with Crippen molar-refractivity contribution in [2.75, 3.05) is 24.9 Å². The Kier molecular flexibility index (Phi) is 6.02. The molecule has 1 atom stereocenters. The quantitative estimate of drug-likeness (QED) is 0.494. The second-order valence-electron chi connectivity index (χ2n) is 6.58. The number of fused-ring (bicyclic) bond motifs is 1. The predicted octanol–water partition coefficient (Wildman–Crippen LogP) is 3.64. The summed E-state index contributed by atoms with van der Waals surface area (Å²) in [6, 6.07) is 10.7. The molecule has 3 heterocycles. The fourth-order valence-electron chi connectivity index (χ4n) is 3.09. The number of hydrogen-bond donors (Lipinski definition) is 3. The van der Waals surface area contributed by atoms with E-state index in [-0.39, 0.29) is 9.46 Å². The number of nitrogens with zero attached hydrogens (tertiary/aromatic N) is 1. The van der Waals surface area contributed by atoms with Crippen molar-refractivity contribution in [3.8, 4) is 0 Å². The number of sulfonamides is 1. The van der Waals surface area contributed by atoms with Gasteiger partial charge in [-0.1, -0.05) is 30.0 Å².